The first kappa shape index (κ1) is 12.7. The normalized spacial score (nSPS) is 10.9. The summed E-state index contributed by atoms with van der Waals surface area (Å²) in [6.45, 7) is 4.94. The van der Waals surface area contributed by atoms with Gasteiger partial charge in [0.1, 0.15) is 11.6 Å². The number of ether oxygens (including phenoxy) is 1. The zero-order valence-electron chi connectivity index (χ0n) is 11.8. The SMILES string of the molecule is CCCOc1ccc(-c2nc3ccccc3[nH]2)c(C)c1. The zero-order chi connectivity index (χ0) is 13.9. The molecule has 1 aromatic heterocycles. The second kappa shape index (κ2) is 5.37. The van der Waals surface area contributed by atoms with Crippen LogP contribution in [0.5, 0.6) is 5.75 Å². The van der Waals surface area contributed by atoms with Gasteiger partial charge in [-0.3, -0.25) is 0 Å². The quantitative estimate of drug-likeness (QED) is 0.763. The number of hydrogen-bond donors (Lipinski definition) is 1. The van der Waals surface area contributed by atoms with Crippen molar-refractivity contribution in [3.05, 3.63) is 48.0 Å². The van der Waals surface area contributed by atoms with E-state index >= 15 is 0 Å². The van der Waals surface area contributed by atoms with E-state index in [0.29, 0.717) is 0 Å². The number of aromatic amines is 1. The number of para-hydroxylation sites is 2. The van der Waals surface area contributed by atoms with Crippen molar-refractivity contribution < 1.29 is 4.74 Å². The molecule has 3 nitrogen and oxygen atoms in total. The molecule has 20 heavy (non-hydrogen) atoms. The van der Waals surface area contributed by atoms with Crippen LogP contribution in [-0.4, -0.2) is 16.6 Å². The number of aryl methyl sites for hydroxylation is 1. The Morgan fingerprint density at radius 1 is 1.15 bits per heavy atom. The molecule has 3 aromatic rings. The fraction of sp³-hybridized carbons (Fsp3) is 0.235. The van der Waals surface area contributed by atoms with E-state index in [1.54, 1.807) is 0 Å². The molecular weight excluding hydrogens is 248 g/mol. The predicted octanol–water partition coefficient (Wildman–Crippen LogP) is 4.33. The van der Waals surface area contributed by atoms with Gasteiger partial charge in [0, 0.05) is 5.56 Å². The summed E-state index contributed by atoms with van der Waals surface area (Å²) in [7, 11) is 0. The van der Waals surface area contributed by atoms with Crippen molar-refractivity contribution in [3.8, 4) is 17.1 Å². The van der Waals surface area contributed by atoms with E-state index < -0.39 is 0 Å². The van der Waals surface area contributed by atoms with Crippen LogP contribution in [0.3, 0.4) is 0 Å². The molecule has 0 saturated heterocycles. The number of fused-ring (bicyclic) bond motifs is 1. The first-order valence-corrected chi connectivity index (χ1v) is 6.96. The van der Waals surface area contributed by atoms with Crippen LogP contribution in [0.15, 0.2) is 42.5 Å². The van der Waals surface area contributed by atoms with Gasteiger partial charge in [0.25, 0.3) is 0 Å². The molecule has 0 aliphatic carbocycles. The number of H-pyrrole nitrogens is 1. The molecule has 1 heterocycles. The second-order valence-electron chi connectivity index (χ2n) is 4.93. The molecule has 102 valence electrons. The van der Waals surface area contributed by atoms with E-state index in [1.165, 1.54) is 0 Å². The number of imidazole rings is 1. The van der Waals surface area contributed by atoms with Crippen LogP contribution in [0.1, 0.15) is 18.9 Å². The summed E-state index contributed by atoms with van der Waals surface area (Å²) in [5.74, 6) is 1.83. The van der Waals surface area contributed by atoms with Crippen molar-refractivity contribution in [2.24, 2.45) is 0 Å². The summed E-state index contributed by atoms with van der Waals surface area (Å²) in [5.41, 5.74) is 4.34. The largest absolute Gasteiger partial charge is 0.494 e. The summed E-state index contributed by atoms with van der Waals surface area (Å²) < 4.78 is 5.66. The number of hydrogen-bond acceptors (Lipinski definition) is 2. The van der Waals surface area contributed by atoms with Gasteiger partial charge in [-0.05, 0) is 49.2 Å². The number of rotatable bonds is 4. The van der Waals surface area contributed by atoms with Crippen molar-refractivity contribution >= 4 is 11.0 Å². The molecule has 0 spiro atoms. The van der Waals surface area contributed by atoms with Crippen molar-refractivity contribution in [3.63, 3.8) is 0 Å². The van der Waals surface area contributed by atoms with Gasteiger partial charge in [0.05, 0.1) is 17.6 Å². The average molecular weight is 266 g/mol. The topological polar surface area (TPSA) is 37.9 Å². The predicted molar refractivity (Wildman–Crippen MR) is 82.1 cm³/mol. The Labute approximate surface area is 118 Å². The number of nitrogens with zero attached hydrogens (tertiary/aromatic N) is 1. The van der Waals surface area contributed by atoms with Gasteiger partial charge in [0.2, 0.25) is 0 Å². The van der Waals surface area contributed by atoms with Crippen LogP contribution >= 0.6 is 0 Å². The molecule has 2 aromatic carbocycles. The maximum atomic E-state index is 5.66. The molecular formula is C17H18N2O. The molecule has 0 bridgehead atoms. The third-order valence-corrected chi connectivity index (χ3v) is 3.32. The van der Waals surface area contributed by atoms with Crippen molar-refractivity contribution in [2.75, 3.05) is 6.61 Å². The lowest BCUT2D eigenvalue weighted by atomic mass is 10.1. The smallest absolute Gasteiger partial charge is 0.138 e. The monoisotopic (exact) mass is 266 g/mol. The molecule has 0 unspecified atom stereocenters. The summed E-state index contributed by atoms with van der Waals surface area (Å²) in [6, 6.07) is 14.2. The number of aromatic nitrogens is 2. The van der Waals surface area contributed by atoms with Crippen molar-refractivity contribution in [2.45, 2.75) is 20.3 Å². The minimum absolute atomic E-state index is 0.753. The Hall–Kier alpha value is -2.29. The molecule has 0 amide bonds. The Kier molecular flexibility index (Phi) is 3.42. The maximum absolute atomic E-state index is 5.66. The molecule has 0 aliphatic heterocycles. The third kappa shape index (κ3) is 2.39. The van der Waals surface area contributed by atoms with Crippen LogP contribution < -0.4 is 4.74 Å². The van der Waals surface area contributed by atoms with Crippen LogP contribution in [-0.2, 0) is 0 Å². The van der Waals surface area contributed by atoms with Gasteiger partial charge in [-0.25, -0.2) is 4.98 Å². The molecule has 1 N–H and O–H groups in total. The van der Waals surface area contributed by atoms with Gasteiger partial charge in [-0.15, -0.1) is 0 Å². The van der Waals surface area contributed by atoms with E-state index in [0.717, 1.165) is 46.8 Å². The van der Waals surface area contributed by atoms with Crippen LogP contribution in [0.2, 0.25) is 0 Å². The Bertz CT molecular complexity index is 698. The highest BCUT2D eigenvalue weighted by molar-refractivity contribution is 5.79. The summed E-state index contributed by atoms with van der Waals surface area (Å²) in [4.78, 5) is 8.00. The molecule has 0 saturated carbocycles. The van der Waals surface area contributed by atoms with E-state index in [9.17, 15) is 0 Å². The van der Waals surface area contributed by atoms with Crippen molar-refractivity contribution in [1.29, 1.82) is 0 Å². The van der Waals surface area contributed by atoms with Gasteiger partial charge in [-0.2, -0.15) is 0 Å². The molecule has 0 atom stereocenters. The highest BCUT2D eigenvalue weighted by atomic mass is 16.5. The summed E-state index contributed by atoms with van der Waals surface area (Å²) in [5, 5.41) is 0. The maximum Gasteiger partial charge on any atom is 0.138 e. The Morgan fingerprint density at radius 3 is 2.75 bits per heavy atom. The summed E-state index contributed by atoms with van der Waals surface area (Å²) >= 11 is 0. The van der Waals surface area contributed by atoms with E-state index in [-0.39, 0.29) is 0 Å². The third-order valence-electron chi connectivity index (χ3n) is 3.32. The first-order chi connectivity index (χ1) is 9.78. The molecule has 3 heteroatoms. The lowest BCUT2D eigenvalue weighted by Gasteiger charge is -2.08. The van der Waals surface area contributed by atoms with Gasteiger partial charge >= 0.3 is 0 Å². The fourth-order valence-electron chi connectivity index (χ4n) is 2.29. The van der Waals surface area contributed by atoms with E-state index in [2.05, 4.69) is 35.9 Å². The molecule has 0 fully saturated rings. The van der Waals surface area contributed by atoms with E-state index in [1.807, 2.05) is 30.3 Å². The van der Waals surface area contributed by atoms with Gasteiger partial charge < -0.3 is 9.72 Å². The van der Waals surface area contributed by atoms with Gasteiger partial charge in [0.15, 0.2) is 0 Å². The first-order valence-electron chi connectivity index (χ1n) is 6.96. The minimum Gasteiger partial charge on any atom is -0.494 e. The lowest BCUT2D eigenvalue weighted by Crippen LogP contribution is -1.96. The molecule has 0 aliphatic rings. The number of nitrogens with one attached hydrogen (secondary N) is 1. The zero-order valence-corrected chi connectivity index (χ0v) is 11.8. The summed E-state index contributed by atoms with van der Waals surface area (Å²) in [6.07, 6.45) is 1.02. The lowest BCUT2D eigenvalue weighted by molar-refractivity contribution is 0.317. The van der Waals surface area contributed by atoms with Crippen LogP contribution in [0.4, 0.5) is 0 Å². The Balaban J connectivity index is 1.97. The molecule has 0 radical (unpaired) electrons. The average Bonchev–Trinajstić information content (AvgIpc) is 2.88. The van der Waals surface area contributed by atoms with E-state index in [4.69, 9.17) is 4.74 Å². The minimum atomic E-state index is 0.753. The standard InChI is InChI=1S/C17H18N2O/c1-3-10-20-13-8-9-14(12(2)11-13)17-18-15-6-4-5-7-16(15)19-17/h4-9,11H,3,10H2,1-2H3,(H,18,19). The van der Waals surface area contributed by atoms with Crippen molar-refractivity contribution in [1.82, 2.24) is 9.97 Å². The van der Waals surface area contributed by atoms with Crippen LogP contribution in [0, 0.1) is 6.92 Å². The Morgan fingerprint density at radius 2 is 2.00 bits per heavy atom. The molecule has 3 rings (SSSR count). The highest BCUT2D eigenvalue weighted by Gasteiger charge is 2.08. The van der Waals surface area contributed by atoms with Crippen LogP contribution in [0.25, 0.3) is 22.4 Å². The highest BCUT2D eigenvalue weighted by Crippen LogP contribution is 2.26. The second-order valence-corrected chi connectivity index (χ2v) is 4.93. The number of benzene rings is 2. The van der Waals surface area contributed by atoms with Gasteiger partial charge in [-0.1, -0.05) is 19.1 Å². The fourth-order valence-corrected chi connectivity index (χ4v) is 2.29.